The van der Waals surface area contributed by atoms with Crippen molar-refractivity contribution < 1.29 is 14.5 Å². The third-order valence-electron chi connectivity index (χ3n) is 3.97. The van der Waals surface area contributed by atoms with Crippen LogP contribution >= 0.6 is 0 Å². The number of nitro groups is 1. The molecule has 1 aliphatic rings. The molecular formula is C17H18N4O4. The molecule has 1 aromatic carbocycles. The standard InChI is InChI=1S/C17H18N4O4/c1-10(2)15-17(22)20(16-13(25-15)7-8-14(18)19-16)9-11-3-5-12(6-4-11)21(23)24/h3-8,10,15H,9H2,1-2H3,(H2,18,19). The fraction of sp³-hybridized carbons (Fsp3) is 0.294. The smallest absolute Gasteiger partial charge is 0.269 e. The molecule has 130 valence electrons. The third-order valence-corrected chi connectivity index (χ3v) is 3.97. The summed E-state index contributed by atoms with van der Waals surface area (Å²) in [5, 5.41) is 10.8. The van der Waals surface area contributed by atoms with Crippen molar-refractivity contribution in [2.45, 2.75) is 26.5 Å². The number of hydrogen-bond acceptors (Lipinski definition) is 6. The van der Waals surface area contributed by atoms with E-state index in [1.807, 2.05) is 13.8 Å². The molecule has 0 bridgehead atoms. The summed E-state index contributed by atoms with van der Waals surface area (Å²) < 4.78 is 5.78. The van der Waals surface area contributed by atoms with E-state index in [9.17, 15) is 14.9 Å². The van der Waals surface area contributed by atoms with Crippen molar-refractivity contribution >= 4 is 23.2 Å². The number of nitrogens with zero attached hydrogens (tertiary/aromatic N) is 3. The van der Waals surface area contributed by atoms with Crippen LogP contribution in [0.5, 0.6) is 5.75 Å². The topological polar surface area (TPSA) is 112 Å². The lowest BCUT2D eigenvalue weighted by Gasteiger charge is -2.35. The van der Waals surface area contributed by atoms with Crippen LogP contribution < -0.4 is 15.4 Å². The van der Waals surface area contributed by atoms with Gasteiger partial charge in [0.05, 0.1) is 11.5 Å². The van der Waals surface area contributed by atoms with Crippen LogP contribution in [0.15, 0.2) is 36.4 Å². The number of aromatic nitrogens is 1. The number of nitrogen functional groups attached to an aromatic ring is 1. The summed E-state index contributed by atoms with van der Waals surface area (Å²) in [6.45, 7) is 4.04. The maximum absolute atomic E-state index is 12.8. The first-order chi connectivity index (χ1) is 11.9. The Morgan fingerprint density at radius 3 is 2.56 bits per heavy atom. The molecule has 0 fully saturated rings. The summed E-state index contributed by atoms with van der Waals surface area (Å²) in [4.78, 5) is 28.9. The van der Waals surface area contributed by atoms with Gasteiger partial charge in [-0.25, -0.2) is 4.98 Å². The largest absolute Gasteiger partial charge is 0.476 e. The Morgan fingerprint density at radius 1 is 1.28 bits per heavy atom. The first kappa shape index (κ1) is 16.7. The predicted octanol–water partition coefficient (Wildman–Crippen LogP) is 2.52. The minimum absolute atomic E-state index is 0.000111. The van der Waals surface area contributed by atoms with E-state index >= 15 is 0 Å². The lowest BCUT2D eigenvalue weighted by Crippen LogP contribution is -2.48. The summed E-state index contributed by atoms with van der Waals surface area (Å²) >= 11 is 0. The molecule has 1 unspecified atom stereocenters. The van der Waals surface area contributed by atoms with Gasteiger partial charge < -0.3 is 10.5 Å². The predicted molar refractivity (Wildman–Crippen MR) is 92.2 cm³/mol. The van der Waals surface area contributed by atoms with Gasteiger partial charge in [0.25, 0.3) is 11.6 Å². The number of rotatable bonds is 4. The Morgan fingerprint density at radius 2 is 1.96 bits per heavy atom. The highest BCUT2D eigenvalue weighted by Gasteiger charge is 2.37. The van der Waals surface area contributed by atoms with Gasteiger partial charge in [0.15, 0.2) is 17.7 Å². The number of benzene rings is 1. The maximum Gasteiger partial charge on any atom is 0.269 e. The monoisotopic (exact) mass is 342 g/mol. The lowest BCUT2D eigenvalue weighted by atomic mass is 10.0. The van der Waals surface area contributed by atoms with Gasteiger partial charge in [0, 0.05) is 12.1 Å². The molecule has 2 aromatic rings. The number of nitrogens with two attached hydrogens (primary N) is 1. The Bertz CT molecular complexity index is 820. The second-order valence-electron chi connectivity index (χ2n) is 6.19. The van der Waals surface area contributed by atoms with E-state index in [0.29, 0.717) is 11.6 Å². The van der Waals surface area contributed by atoms with Crippen molar-refractivity contribution in [3.63, 3.8) is 0 Å². The third kappa shape index (κ3) is 3.23. The number of carbonyl (C=O) groups is 1. The molecule has 1 amide bonds. The van der Waals surface area contributed by atoms with Gasteiger partial charge in [-0.2, -0.15) is 0 Å². The Kier molecular flexibility index (Phi) is 4.26. The second-order valence-corrected chi connectivity index (χ2v) is 6.19. The lowest BCUT2D eigenvalue weighted by molar-refractivity contribution is -0.384. The quantitative estimate of drug-likeness (QED) is 0.675. The summed E-state index contributed by atoms with van der Waals surface area (Å²) in [6, 6.07) is 9.38. The Balaban J connectivity index is 1.96. The summed E-state index contributed by atoms with van der Waals surface area (Å²) in [5.41, 5.74) is 6.50. The summed E-state index contributed by atoms with van der Waals surface area (Å²) in [5.74, 6) is 0.915. The zero-order valence-corrected chi connectivity index (χ0v) is 13.9. The number of nitro benzene ring substituents is 1. The van der Waals surface area contributed by atoms with Gasteiger partial charge in [-0.15, -0.1) is 0 Å². The van der Waals surface area contributed by atoms with Crippen molar-refractivity contribution in [1.29, 1.82) is 0 Å². The molecule has 1 aromatic heterocycles. The first-order valence-corrected chi connectivity index (χ1v) is 7.84. The van der Waals surface area contributed by atoms with Crippen molar-refractivity contribution in [3.8, 4) is 5.75 Å². The van der Waals surface area contributed by atoms with Crippen LogP contribution in [0.2, 0.25) is 0 Å². The van der Waals surface area contributed by atoms with Gasteiger partial charge in [0.2, 0.25) is 0 Å². The zero-order valence-electron chi connectivity index (χ0n) is 13.9. The van der Waals surface area contributed by atoms with Gasteiger partial charge in [-0.1, -0.05) is 26.0 Å². The van der Waals surface area contributed by atoms with Gasteiger partial charge in [-0.05, 0) is 23.6 Å². The fourth-order valence-electron chi connectivity index (χ4n) is 2.66. The minimum atomic E-state index is -0.615. The van der Waals surface area contributed by atoms with Crippen molar-refractivity contribution in [2.75, 3.05) is 10.6 Å². The molecule has 0 aliphatic carbocycles. The molecule has 3 rings (SSSR count). The molecule has 8 nitrogen and oxygen atoms in total. The van der Waals surface area contributed by atoms with E-state index in [-0.39, 0.29) is 29.9 Å². The fourth-order valence-corrected chi connectivity index (χ4v) is 2.66. The van der Waals surface area contributed by atoms with Crippen LogP contribution in [0.25, 0.3) is 0 Å². The second kappa shape index (κ2) is 6.39. The molecule has 25 heavy (non-hydrogen) atoms. The van der Waals surface area contributed by atoms with Crippen molar-refractivity contribution in [2.24, 2.45) is 5.92 Å². The molecule has 2 heterocycles. The SMILES string of the molecule is CC(C)C1Oc2ccc(N)nc2N(Cc2ccc([N+](=O)[O-])cc2)C1=O. The number of amides is 1. The van der Waals surface area contributed by atoms with E-state index in [2.05, 4.69) is 4.98 Å². The van der Waals surface area contributed by atoms with Crippen molar-refractivity contribution in [1.82, 2.24) is 4.98 Å². The van der Waals surface area contributed by atoms with Crippen LogP contribution in [0.1, 0.15) is 19.4 Å². The number of non-ortho nitro benzene ring substituents is 1. The molecule has 0 saturated carbocycles. The Hall–Kier alpha value is -3.16. The van der Waals surface area contributed by atoms with Crippen LogP contribution in [0.4, 0.5) is 17.3 Å². The number of anilines is 2. The normalized spacial score (nSPS) is 16.5. The van der Waals surface area contributed by atoms with Gasteiger partial charge in [-0.3, -0.25) is 19.8 Å². The summed E-state index contributed by atoms with van der Waals surface area (Å²) in [6.07, 6.45) is -0.615. The molecular weight excluding hydrogens is 324 g/mol. The van der Waals surface area contributed by atoms with Crippen LogP contribution in [-0.2, 0) is 11.3 Å². The minimum Gasteiger partial charge on any atom is -0.476 e. The van der Waals surface area contributed by atoms with E-state index < -0.39 is 11.0 Å². The Labute approximate surface area is 144 Å². The number of pyridine rings is 1. The number of ether oxygens (including phenoxy) is 1. The molecule has 0 spiro atoms. The van der Waals surface area contributed by atoms with Crippen LogP contribution in [0.3, 0.4) is 0 Å². The number of carbonyl (C=O) groups excluding carboxylic acids is 1. The number of fused-ring (bicyclic) bond motifs is 1. The average molecular weight is 342 g/mol. The molecule has 8 heteroatoms. The molecule has 0 saturated heterocycles. The van der Waals surface area contributed by atoms with Gasteiger partial charge >= 0.3 is 0 Å². The van der Waals surface area contributed by atoms with E-state index in [1.54, 1.807) is 24.3 Å². The maximum atomic E-state index is 12.8. The van der Waals surface area contributed by atoms with E-state index in [0.717, 1.165) is 5.56 Å². The highest BCUT2D eigenvalue weighted by molar-refractivity contribution is 5.99. The molecule has 1 atom stereocenters. The van der Waals surface area contributed by atoms with E-state index in [1.165, 1.54) is 17.0 Å². The molecule has 0 radical (unpaired) electrons. The first-order valence-electron chi connectivity index (χ1n) is 7.84. The van der Waals surface area contributed by atoms with Crippen molar-refractivity contribution in [3.05, 3.63) is 52.1 Å². The summed E-state index contributed by atoms with van der Waals surface area (Å²) in [7, 11) is 0. The molecule has 2 N–H and O–H groups in total. The van der Waals surface area contributed by atoms with E-state index in [4.69, 9.17) is 10.5 Å². The molecule has 1 aliphatic heterocycles. The van der Waals surface area contributed by atoms with Gasteiger partial charge in [0.1, 0.15) is 5.82 Å². The highest BCUT2D eigenvalue weighted by atomic mass is 16.6. The van der Waals surface area contributed by atoms with Crippen LogP contribution in [-0.4, -0.2) is 21.9 Å². The number of hydrogen-bond donors (Lipinski definition) is 1. The highest BCUT2D eigenvalue weighted by Crippen LogP contribution is 2.35. The zero-order chi connectivity index (χ0) is 18.1. The van der Waals surface area contributed by atoms with Crippen LogP contribution in [0, 0.1) is 16.0 Å². The average Bonchev–Trinajstić information content (AvgIpc) is 2.57.